The SMILES string of the molecule is COCCn1cc(NC(=O)[C@H]2C[C@@H]2c2ccc(F)cc2F)ccc1=O. The molecule has 1 heterocycles. The molecule has 1 aromatic carbocycles. The lowest BCUT2D eigenvalue weighted by Crippen LogP contribution is -2.22. The van der Waals surface area contributed by atoms with Crippen molar-refractivity contribution in [2.75, 3.05) is 19.0 Å². The Hall–Kier alpha value is -2.54. The van der Waals surface area contributed by atoms with E-state index in [1.165, 1.54) is 28.8 Å². The molecule has 1 aliphatic rings. The molecule has 2 aromatic rings. The van der Waals surface area contributed by atoms with Crippen molar-refractivity contribution in [1.29, 1.82) is 0 Å². The number of benzene rings is 1. The average molecular weight is 348 g/mol. The van der Waals surface area contributed by atoms with Crippen LogP contribution < -0.4 is 10.9 Å². The number of hydrogen-bond acceptors (Lipinski definition) is 3. The Labute approximate surface area is 143 Å². The molecular formula is C18H18F2N2O3. The van der Waals surface area contributed by atoms with Crippen LogP contribution in [0.3, 0.4) is 0 Å². The zero-order chi connectivity index (χ0) is 18.0. The summed E-state index contributed by atoms with van der Waals surface area (Å²) >= 11 is 0. The second-order valence-corrected chi connectivity index (χ2v) is 6.05. The zero-order valence-corrected chi connectivity index (χ0v) is 13.7. The highest BCUT2D eigenvalue weighted by molar-refractivity contribution is 5.95. The fourth-order valence-electron chi connectivity index (χ4n) is 2.84. The molecule has 7 heteroatoms. The van der Waals surface area contributed by atoms with Gasteiger partial charge in [0.1, 0.15) is 11.6 Å². The van der Waals surface area contributed by atoms with Crippen LogP contribution in [0.1, 0.15) is 17.9 Å². The molecule has 0 radical (unpaired) electrons. The fraction of sp³-hybridized carbons (Fsp3) is 0.333. The second-order valence-electron chi connectivity index (χ2n) is 6.05. The van der Waals surface area contributed by atoms with Crippen molar-refractivity contribution in [3.8, 4) is 0 Å². The number of hydrogen-bond donors (Lipinski definition) is 1. The lowest BCUT2D eigenvalue weighted by molar-refractivity contribution is -0.117. The fourth-order valence-corrected chi connectivity index (χ4v) is 2.84. The Morgan fingerprint density at radius 2 is 2.12 bits per heavy atom. The summed E-state index contributed by atoms with van der Waals surface area (Å²) in [6, 6.07) is 6.30. The number of carbonyl (C=O) groups excluding carboxylic acids is 1. The minimum absolute atomic E-state index is 0.187. The number of aromatic nitrogens is 1. The first-order chi connectivity index (χ1) is 12.0. The molecule has 1 fully saturated rings. The molecule has 1 aliphatic carbocycles. The number of pyridine rings is 1. The van der Waals surface area contributed by atoms with E-state index >= 15 is 0 Å². The quantitative estimate of drug-likeness (QED) is 0.873. The normalized spacial score (nSPS) is 18.8. The van der Waals surface area contributed by atoms with Gasteiger partial charge >= 0.3 is 0 Å². The smallest absolute Gasteiger partial charge is 0.250 e. The highest BCUT2D eigenvalue weighted by Crippen LogP contribution is 2.48. The van der Waals surface area contributed by atoms with Gasteiger partial charge in [0.2, 0.25) is 5.91 Å². The molecule has 1 aromatic heterocycles. The van der Waals surface area contributed by atoms with Gasteiger partial charge < -0.3 is 14.6 Å². The van der Waals surface area contributed by atoms with Crippen molar-refractivity contribution in [3.63, 3.8) is 0 Å². The molecule has 1 N–H and O–H groups in total. The largest absolute Gasteiger partial charge is 0.383 e. The van der Waals surface area contributed by atoms with Gasteiger partial charge in [0.05, 0.1) is 12.3 Å². The Bertz CT molecular complexity index is 850. The summed E-state index contributed by atoms with van der Waals surface area (Å²) in [4.78, 5) is 24.1. The number of rotatable bonds is 6. The number of amides is 1. The molecule has 0 unspecified atom stereocenters. The van der Waals surface area contributed by atoms with E-state index in [0.717, 1.165) is 6.07 Å². The Morgan fingerprint density at radius 1 is 1.32 bits per heavy atom. The third kappa shape index (κ3) is 3.93. The lowest BCUT2D eigenvalue weighted by atomic mass is 10.1. The van der Waals surface area contributed by atoms with Crippen molar-refractivity contribution < 1.29 is 18.3 Å². The highest BCUT2D eigenvalue weighted by atomic mass is 19.1. The van der Waals surface area contributed by atoms with E-state index in [4.69, 9.17) is 4.74 Å². The van der Waals surface area contributed by atoms with Gasteiger partial charge in [-0.15, -0.1) is 0 Å². The molecule has 0 saturated heterocycles. The molecule has 2 atom stereocenters. The van der Waals surface area contributed by atoms with E-state index in [2.05, 4.69) is 5.32 Å². The van der Waals surface area contributed by atoms with Crippen LogP contribution in [0.25, 0.3) is 0 Å². The summed E-state index contributed by atoms with van der Waals surface area (Å²) in [5.74, 6) is -2.13. The molecule has 0 bridgehead atoms. The van der Waals surface area contributed by atoms with Gasteiger partial charge in [0, 0.05) is 37.9 Å². The maximum Gasteiger partial charge on any atom is 0.250 e. The van der Waals surface area contributed by atoms with E-state index in [-0.39, 0.29) is 23.3 Å². The van der Waals surface area contributed by atoms with Gasteiger partial charge in [-0.25, -0.2) is 8.78 Å². The monoisotopic (exact) mass is 348 g/mol. The van der Waals surface area contributed by atoms with Crippen LogP contribution in [0.5, 0.6) is 0 Å². The van der Waals surface area contributed by atoms with Crippen LogP contribution in [0.15, 0.2) is 41.3 Å². The second kappa shape index (κ2) is 7.14. The molecule has 1 amide bonds. The summed E-state index contributed by atoms with van der Waals surface area (Å²) in [6.07, 6.45) is 2.06. The molecular weight excluding hydrogens is 330 g/mol. The summed E-state index contributed by atoms with van der Waals surface area (Å²) in [7, 11) is 1.54. The van der Waals surface area contributed by atoms with Gasteiger partial charge in [0.15, 0.2) is 0 Å². The summed E-state index contributed by atoms with van der Waals surface area (Å²) in [6.45, 7) is 0.762. The van der Waals surface area contributed by atoms with E-state index < -0.39 is 11.6 Å². The Morgan fingerprint density at radius 3 is 2.84 bits per heavy atom. The molecule has 25 heavy (non-hydrogen) atoms. The topological polar surface area (TPSA) is 60.3 Å². The van der Waals surface area contributed by atoms with E-state index in [0.29, 0.717) is 30.8 Å². The summed E-state index contributed by atoms with van der Waals surface area (Å²) in [5.41, 5.74) is 0.658. The summed E-state index contributed by atoms with van der Waals surface area (Å²) in [5, 5.41) is 2.74. The predicted molar refractivity (Wildman–Crippen MR) is 88.4 cm³/mol. The molecule has 3 rings (SSSR count). The van der Waals surface area contributed by atoms with Crippen molar-refractivity contribution in [1.82, 2.24) is 4.57 Å². The maximum absolute atomic E-state index is 13.8. The van der Waals surface area contributed by atoms with Gasteiger partial charge in [-0.3, -0.25) is 9.59 Å². The van der Waals surface area contributed by atoms with Crippen molar-refractivity contribution >= 4 is 11.6 Å². The van der Waals surface area contributed by atoms with Crippen molar-refractivity contribution in [2.45, 2.75) is 18.9 Å². The Balaban J connectivity index is 1.66. The van der Waals surface area contributed by atoms with Crippen LogP contribution in [-0.2, 0) is 16.1 Å². The average Bonchev–Trinajstić information content (AvgIpc) is 3.36. The minimum Gasteiger partial charge on any atom is -0.383 e. The van der Waals surface area contributed by atoms with Gasteiger partial charge in [-0.05, 0) is 30.0 Å². The van der Waals surface area contributed by atoms with Crippen LogP contribution in [-0.4, -0.2) is 24.2 Å². The van der Waals surface area contributed by atoms with E-state index in [1.54, 1.807) is 13.3 Å². The number of anilines is 1. The van der Waals surface area contributed by atoms with Gasteiger partial charge in [-0.2, -0.15) is 0 Å². The molecule has 1 saturated carbocycles. The van der Waals surface area contributed by atoms with Crippen LogP contribution in [0.4, 0.5) is 14.5 Å². The standard InChI is InChI=1S/C18H18F2N2O3/c1-25-7-6-22-10-12(3-5-17(22)23)21-18(24)15-9-14(15)13-4-2-11(19)8-16(13)20/h2-5,8,10,14-15H,6-7,9H2,1H3,(H,21,24)/t14-,15+/m1/s1. The van der Waals surface area contributed by atoms with Crippen LogP contribution >= 0.6 is 0 Å². The number of ether oxygens (including phenoxy) is 1. The Kier molecular flexibility index (Phi) is 4.94. The third-order valence-electron chi connectivity index (χ3n) is 4.28. The first-order valence-electron chi connectivity index (χ1n) is 7.95. The van der Waals surface area contributed by atoms with Crippen molar-refractivity contribution in [2.24, 2.45) is 5.92 Å². The van der Waals surface area contributed by atoms with E-state index in [1.807, 2.05) is 0 Å². The number of nitrogens with zero attached hydrogens (tertiary/aromatic N) is 1. The number of halogens is 2. The van der Waals surface area contributed by atoms with Crippen LogP contribution in [0.2, 0.25) is 0 Å². The summed E-state index contributed by atoms with van der Waals surface area (Å²) < 4.78 is 33.2. The van der Waals surface area contributed by atoms with Crippen LogP contribution in [0, 0.1) is 17.6 Å². The lowest BCUT2D eigenvalue weighted by Gasteiger charge is -2.09. The highest BCUT2D eigenvalue weighted by Gasteiger charge is 2.45. The zero-order valence-electron chi connectivity index (χ0n) is 13.7. The third-order valence-corrected chi connectivity index (χ3v) is 4.28. The predicted octanol–water partition coefficient (Wildman–Crippen LogP) is 2.52. The molecule has 0 aliphatic heterocycles. The molecule has 0 spiro atoms. The number of methoxy groups -OCH3 is 1. The van der Waals surface area contributed by atoms with Gasteiger partial charge in [-0.1, -0.05) is 6.07 Å². The molecule has 132 valence electrons. The maximum atomic E-state index is 13.8. The van der Waals surface area contributed by atoms with Crippen molar-refractivity contribution in [3.05, 3.63) is 64.1 Å². The molecule has 5 nitrogen and oxygen atoms in total. The number of nitrogens with one attached hydrogen (secondary N) is 1. The number of carbonyl (C=O) groups is 1. The van der Waals surface area contributed by atoms with Gasteiger partial charge in [0.25, 0.3) is 5.56 Å². The first kappa shape index (κ1) is 17.3. The minimum atomic E-state index is -0.638. The first-order valence-corrected chi connectivity index (χ1v) is 7.95. The van der Waals surface area contributed by atoms with E-state index in [9.17, 15) is 18.4 Å².